The van der Waals surface area contributed by atoms with Crippen molar-refractivity contribution in [1.82, 2.24) is 0 Å². The molecule has 0 aromatic heterocycles. The highest BCUT2D eigenvalue weighted by Crippen LogP contribution is 2.20. The summed E-state index contributed by atoms with van der Waals surface area (Å²) in [4.78, 5) is 48.0. The Morgan fingerprint density at radius 1 is 0.939 bits per heavy atom. The topological polar surface area (TPSA) is 144 Å². The van der Waals surface area contributed by atoms with Gasteiger partial charge in [-0.15, -0.1) is 0 Å². The van der Waals surface area contributed by atoms with E-state index in [1.54, 1.807) is 13.0 Å². The van der Waals surface area contributed by atoms with Crippen molar-refractivity contribution in [3.8, 4) is 6.07 Å². The number of ether oxygens (including phenoxy) is 3. The highest BCUT2D eigenvalue weighted by Gasteiger charge is 2.16. The predicted octanol–water partition coefficient (Wildman–Crippen LogP) is 2.89. The lowest BCUT2D eigenvalue weighted by molar-refractivity contribution is -0.112. The van der Waals surface area contributed by atoms with Gasteiger partial charge in [0.05, 0.1) is 43.2 Å². The Balaban J connectivity index is 2.22. The Hall–Kier alpha value is -4.65. The number of esters is 3. The monoisotopic (exact) mass is 451 g/mol. The van der Waals surface area contributed by atoms with Crippen LogP contribution in [0.15, 0.2) is 54.2 Å². The van der Waals surface area contributed by atoms with Gasteiger partial charge in [0.15, 0.2) is 0 Å². The van der Waals surface area contributed by atoms with Crippen LogP contribution in [0.5, 0.6) is 0 Å². The molecule has 10 nitrogen and oxygen atoms in total. The van der Waals surface area contributed by atoms with Crippen molar-refractivity contribution in [1.29, 1.82) is 5.26 Å². The molecule has 0 aliphatic heterocycles. The summed E-state index contributed by atoms with van der Waals surface area (Å²) in [5.41, 5.74) is 0.692. The zero-order valence-corrected chi connectivity index (χ0v) is 18.1. The number of carbonyl (C=O) groups excluding carboxylic acids is 4. The van der Waals surface area contributed by atoms with Crippen molar-refractivity contribution in [2.75, 3.05) is 31.5 Å². The van der Waals surface area contributed by atoms with Crippen LogP contribution in [-0.2, 0) is 19.0 Å². The van der Waals surface area contributed by atoms with E-state index in [1.807, 2.05) is 0 Å². The molecule has 0 aliphatic carbocycles. The third-order valence-electron chi connectivity index (χ3n) is 4.24. The second-order valence-corrected chi connectivity index (χ2v) is 6.31. The van der Waals surface area contributed by atoms with Crippen LogP contribution in [0.4, 0.5) is 11.4 Å². The zero-order chi connectivity index (χ0) is 24.4. The quantitative estimate of drug-likeness (QED) is 0.268. The highest BCUT2D eigenvalue weighted by molar-refractivity contribution is 6.07. The Morgan fingerprint density at radius 3 is 2.15 bits per heavy atom. The number of nitrogens with zero attached hydrogens (tertiary/aromatic N) is 1. The smallest absolute Gasteiger partial charge is 0.339 e. The van der Waals surface area contributed by atoms with Crippen LogP contribution in [0.2, 0.25) is 0 Å². The molecule has 0 heterocycles. The number of hydrogen-bond acceptors (Lipinski definition) is 9. The van der Waals surface area contributed by atoms with E-state index in [-0.39, 0.29) is 29.0 Å². The first kappa shape index (κ1) is 24.6. The van der Waals surface area contributed by atoms with Gasteiger partial charge in [0.25, 0.3) is 5.91 Å². The minimum atomic E-state index is -0.738. The van der Waals surface area contributed by atoms with Crippen LogP contribution in [-0.4, -0.2) is 44.6 Å². The molecule has 0 radical (unpaired) electrons. The van der Waals surface area contributed by atoms with Crippen molar-refractivity contribution in [3.05, 3.63) is 70.9 Å². The van der Waals surface area contributed by atoms with Crippen LogP contribution in [0.1, 0.15) is 38.0 Å². The number of anilines is 2. The molecule has 2 rings (SSSR count). The third kappa shape index (κ3) is 6.41. The largest absolute Gasteiger partial charge is 0.465 e. The maximum absolute atomic E-state index is 12.5. The first-order valence-electron chi connectivity index (χ1n) is 9.60. The Kier molecular flexibility index (Phi) is 8.70. The Morgan fingerprint density at radius 2 is 1.58 bits per heavy atom. The van der Waals surface area contributed by atoms with Gasteiger partial charge in [-0.3, -0.25) is 4.79 Å². The van der Waals surface area contributed by atoms with Gasteiger partial charge in [-0.2, -0.15) is 5.26 Å². The number of nitriles is 1. The van der Waals surface area contributed by atoms with Crippen LogP contribution >= 0.6 is 0 Å². The minimum Gasteiger partial charge on any atom is -0.465 e. The standard InChI is InChI=1S/C23H21N3O7/c1-4-33-22(29)14-5-8-17(9-6-14)26-20(27)16(12-24)13-25-19-11-15(21(28)31-2)7-10-18(19)23(30)32-3/h5-11,13,25H,4H2,1-3H3,(H,26,27)/b16-13-. The zero-order valence-electron chi connectivity index (χ0n) is 18.1. The normalized spacial score (nSPS) is 10.4. The molecule has 0 bridgehead atoms. The molecule has 10 heteroatoms. The van der Waals surface area contributed by atoms with E-state index < -0.39 is 23.8 Å². The van der Waals surface area contributed by atoms with Crippen molar-refractivity contribution >= 4 is 35.2 Å². The van der Waals surface area contributed by atoms with E-state index in [0.29, 0.717) is 11.3 Å². The van der Waals surface area contributed by atoms with Gasteiger partial charge in [0.2, 0.25) is 0 Å². The van der Waals surface area contributed by atoms with Gasteiger partial charge < -0.3 is 24.8 Å². The van der Waals surface area contributed by atoms with Crippen LogP contribution in [0, 0.1) is 11.3 Å². The summed E-state index contributed by atoms with van der Waals surface area (Å²) < 4.78 is 14.3. The second-order valence-electron chi connectivity index (χ2n) is 6.31. The fourth-order valence-electron chi connectivity index (χ4n) is 2.60. The van der Waals surface area contributed by atoms with Crippen LogP contribution in [0.25, 0.3) is 0 Å². The average Bonchev–Trinajstić information content (AvgIpc) is 2.83. The van der Waals surface area contributed by atoms with Crippen LogP contribution < -0.4 is 10.6 Å². The number of rotatable bonds is 8. The molecule has 2 aromatic carbocycles. The highest BCUT2D eigenvalue weighted by atomic mass is 16.5. The second kappa shape index (κ2) is 11.7. The summed E-state index contributed by atoms with van der Waals surface area (Å²) in [6, 6.07) is 11.7. The van der Waals surface area contributed by atoms with Crippen molar-refractivity contribution in [3.63, 3.8) is 0 Å². The molecule has 0 aliphatic rings. The molecular formula is C23H21N3O7. The lowest BCUT2D eigenvalue weighted by Crippen LogP contribution is -2.15. The first-order chi connectivity index (χ1) is 15.8. The molecule has 0 spiro atoms. The van der Waals surface area contributed by atoms with Crippen molar-refractivity contribution < 1.29 is 33.4 Å². The molecule has 0 atom stereocenters. The van der Waals surface area contributed by atoms with Gasteiger partial charge in [-0.1, -0.05) is 0 Å². The first-order valence-corrected chi connectivity index (χ1v) is 9.60. The fraction of sp³-hybridized carbons (Fsp3) is 0.174. The fourth-order valence-corrected chi connectivity index (χ4v) is 2.60. The number of benzene rings is 2. The predicted molar refractivity (Wildman–Crippen MR) is 117 cm³/mol. The molecule has 0 fully saturated rings. The maximum atomic E-state index is 12.5. The Labute approximate surface area is 189 Å². The lowest BCUT2D eigenvalue weighted by atomic mass is 10.1. The molecule has 1 amide bonds. The summed E-state index contributed by atoms with van der Waals surface area (Å²) in [6.45, 7) is 1.93. The van der Waals surface area contributed by atoms with Gasteiger partial charge in [0.1, 0.15) is 11.6 Å². The number of amides is 1. The summed E-state index contributed by atoms with van der Waals surface area (Å²) in [5.74, 6) is -2.56. The summed E-state index contributed by atoms with van der Waals surface area (Å²) >= 11 is 0. The third-order valence-corrected chi connectivity index (χ3v) is 4.24. The summed E-state index contributed by atoms with van der Waals surface area (Å²) in [6.07, 6.45) is 1.09. The maximum Gasteiger partial charge on any atom is 0.339 e. The lowest BCUT2D eigenvalue weighted by Gasteiger charge is -2.10. The summed E-state index contributed by atoms with van der Waals surface area (Å²) in [5, 5.41) is 14.6. The Bertz CT molecular complexity index is 1130. The minimum absolute atomic E-state index is 0.0775. The van der Waals surface area contributed by atoms with Gasteiger partial charge in [0, 0.05) is 11.9 Å². The molecule has 0 unspecified atom stereocenters. The van der Waals surface area contributed by atoms with E-state index in [4.69, 9.17) is 9.47 Å². The van der Waals surface area contributed by atoms with E-state index in [9.17, 15) is 24.4 Å². The number of hydrogen-bond donors (Lipinski definition) is 2. The number of methoxy groups -OCH3 is 2. The molecular weight excluding hydrogens is 430 g/mol. The molecule has 0 saturated heterocycles. The van der Waals surface area contributed by atoms with Crippen molar-refractivity contribution in [2.24, 2.45) is 0 Å². The van der Waals surface area contributed by atoms with E-state index in [1.165, 1.54) is 56.7 Å². The molecule has 2 aromatic rings. The van der Waals surface area contributed by atoms with Gasteiger partial charge in [-0.25, -0.2) is 14.4 Å². The summed E-state index contributed by atoms with van der Waals surface area (Å²) in [7, 11) is 2.40. The van der Waals surface area contributed by atoms with Crippen molar-refractivity contribution in [2.45, 2.75) is 6.92 Å². The van der Waals surface area contributed by atoms with Crippen LogP contribution in [0.3, 0.4) is 0 Å². The molecule has 170 valence electrons. The van der Waals surface area contributed by atoms with E-state index >= 15 is 0 Å². The van der Waals surface area contributed by atoms with Gasteiger partial charge >= 0.3 is 17.9 Å². The van der Waals surface area contributed by atoms with Gasteiger partial charge in [-0.05, 0) is 49.4 Å². The van der Waals surface area contributed by atoms with E-state index in [2.05, 4.69) is 15.4 Å². The molecule has 33 heavy (non-hydrogen) atoms. The van der Waals surface area contributed by atoms with E-state index in [0.717, 1.165) is 6.20 Å². The SMILES string of the molecule is CCOC(=O)c1ccc(NC(=O)/C(C#N)=C\Nc2cc(C(=O)OC)ccc2C(=O)OC)cc1. The molecule has 2 N–H and O–H groups in total. The average molecular weight is 451 g/mol. The molecule has 0 saturated carbocycles. The number of nitrogens with one attached hydrogen (secondary N) is 2. The number of carbonyl (C=O) groups is 4.